The molecule has 6 heteroatoms. The van der Waals surface area contributed by atoms with Crippen molar-refractivity contribution in [1.29, 1.82) is 0 Å². The molecule has 2 aromatic carbocycles. The SMILES string of the molecule is O=C1NC(=Nc2ccccc2)S[C@H]1Cc1ccc(Cl)c(Cl)c1. The predicted octanol–water partition coefficient (Wildman–Crippen LogP) is 4.46. The Morgan fingerprint density at radius 1 is 1.09 bits per heavy atom. The van der Waals surface area contributed by atoms with Crippen molar-refractivity contribution in [1.82, 2.24) is 5.32 Å². The molecule has 0 aromatic heterocycles. The number of para-hydroxylation sites is 1. The zero-order valence-electron chi connectivity index (χ0n) is 11.4. The lowest BCUT2D eigenvalue weighted by Crippen LogP contribution is -2.25. The third kappa shape index (κ3) is 3.64. The highest BCUT2D eigenvalue weighted by Crippen LogP contribution is 2.28. The van der Waals surface area contributed by atoms with Gasteiger partial charge in [-0.05, 0) is 36.2 Å². The van der Waals surface area contributed by atoms with E-state index in [4.69, 9.17) is 23.2 Å². The number of rotatable bonds is 3. The van der Waals surface area contributed by atoms with Crippen LogP contribution in [0.1, 0.15) is 5.56 Å². The molecule has 2 aromatic rings. The number of hydrogen-bond donors (Lipinski definition) is 1. The first-order chi connectivity index (χ1) is 10.6. The van der Waals surface area contributed by atoms with Crippen LogP contribution in [0, 0.1) is 0 Å². The third-order valence-corrected chi connectivity index (χ3v) is 4.99. The van der Waals surface area contributed by atoms with Crippen LogP contribution in [0.5, 0.6) is 0 Å². The van der Waals surface area contributed by atoms with Crippen molar-refractivity contribution in [2.24, 2.45) is 4.99 Å². The molecule has 112 valence electrons. The molecule has 1 atom stereocenters. The quantitative estimate of drug-likeness (QED) is 0.887. The zero-order valence-corrected chi connectivity index (χ0v) is 13.8. The molecule has 22 heavy (non-hydrogen) atoms. The smallest absolute Gasteiger partial charge is 0.239 e. The van der Waals surface area contributed by atoms with Gasteiger partial charge in [0.05, 0.1) is 21.0 Å². The van der Waals surface area contributed by atoms with E-state index in [-0.39, 0.29) is 11.2 Å². The van der Waals surface area contributed by atoms with Crippen LogP contribution in [-0.4, -0.2) is 16.3 Å². The van der Waals surface area contributed by atoms with Crippen LogP contribution in [0.4, 0.5) is 5.69 Å². The fourth-order valence-electron chi connectivity index (χ4n) is 2.09. The van der Waals surface area contributed by atoms with Crippen LogP contribution in [-0.2, 0) is 11.2 Å². The highest BCUT2D eigenvalue weighted by molar-refractivity contribution is 8.15. The van der Waals surface area contributed by atoms with Gasteiger partial charge in [0, 0.05) is 0 Å². The number of hydrogen-bond acceptors (Lipinski definition) is 3. The molecule has 3 nitrogen and oxygen atoms in total. The lowest BCUT2D eigenvalue weighted by atomic mass is 10.1. The molecule has 1 aliphatic heterocycles. The number of carbonyl (C=O) groups is 1. The van der Waals surface area contributed by atoms with E-state index in [9.17, 15) is 4.79 Å². The number of nitrogens with one attached hydrogen (secondary N) is 1. The number of nitrogens with zero attached hydrogens (tertiary/aromatic N) is 1. The Labute approximate surface area is 142 Å². The fourth-order valence-corrected chi connectivity index (χ4v) is 3.44. The van der Waals surface area contributed by atoms with Gasteiger partial charge in [-0.1, -0.05) is 59.2 Å². The molecule has 1 N–H and O–H groups in total. The van der Waals surface area contributed by atoms with Crippen LogP contribution in [0.2, 0.25) is 10.0 Å². The van der Waals surface area contributed by atoms with E-state index in [1.54, 1.807) is 12.1 Å². The molecular formula is C16H12Cl2N2OS. The Hall–Kier alpha value is -1.49. The number of benzene rings is 2. The van der Waals surface area contributed by atoms with Gasteiger partial charge in [0.1, 0.15) is 0 Å². The number of thioether (sulfide) groups is 1. The van der Waals surface area contributed by atoms with Crippen LogP contribution in [0.3, 0.4) is 0 Å². The minimum Gasteiger partial charge on any atom is -0.304 e. The predicted molar refractivity (Wildman–Crippen MR) is 93.2 cm³/mol. The minimum atomic E-state index is -0.209. The van der Waals surface area contributed by atoms with E-state index in [0.717, 1.165) is 11.3 Å². The minimum absolute atomic E-state index is 0.0363. The highest BCUT2D eigenvalue weighted by Gasteiger charge is 2.30. The average molecular weight is 351 g/mol. The van der Waals surface area contributed by atoms with E-state index in [1.165, 1.54) is 11.8 Å². The number of carbonyl (C=O) groups excluding carboxylic acids is 1. The molecule has 0 radical (unpaired) electrons. The second-order valence-electron chi connectivity index (χ2n) is 4.80. The van der Waals surface area contributed by atoms with Crippen LogP contribution < -0.4 is 5.32 Å². The number of halogens is 2. The molecule has 1 amide bonds. The summed E-state index contributed by atoms with van der Waals surface area (Å²) in [6.07, 6.45) is 0.585. The maximum Gasteiger partial charge on any atom is 0.239 e. The summed E-state index contributed by atoms with van der Waals surface area (Å²) in [5.41, 5.74) is 1.79. The molecule has 0 aliphatic carbocycles. The van der Waals surface area contributed by atoms with E-state index in [2.05, 4.69) is 10.3 Å². The summed E-state index contributed by atoms with van der Waals surface area (Å²) in [6, 6.07) is 15.0. The van der Waals surface area contributed by atoms with Gasteiger partial charge >= 0.3 is 0 Å². The van der Waals surface area contributed by atoms with Crippen LogP contribution in [0.25, 0.3) is 0 Å². The Balaban J connectivity index is 1.72. The van der Waals surface area contributed by atoms with Gasteiger partial charge in [0.25, 0.3) is 0 Å². The Morgan fingerprint density at radius 2 is 1.86 bits per heavy atom. The van der Waals surface area contributed by atoms with E-state index in [1.807, 2.05) is 36.4 Å². The summed E-state index contributed by atoms with van der Waals surface area (Å²) in [5.74, 6) is -0.0363. The van der Waals surface area contributed by atoms with Crippen LogP contribution in [0.15, 0.2) is 53.5 Å². The Bertz CT molecular complexity index is 734. The van der Waals surface area contributed by atoms with Crippen molar-refractivity contribution in [3.63, 3.8) is 0 Å². The summed E-state index contributed by atoms with van der Waals surface area (Å²) < 4.78 is 0. The lowest BCUT2D eigenvalue weighted by Gasteiger charge is -2.06. The maximum atomic E-state index is 12.1. The summed E-state index contributed by atoms with van der Waals surface area (Å²) in [7, 11) is 0. The van der Waals surface area contributed by atoms with Gasteiger partial charge in [0.2, 0.25) is 5.91 Å². The molecule has 0 unspecified atom stereocenters. The van der Waals surface area contributed by atoms with E-state index < -0.39 is 0 Å². The number of aliphatic imine (C=N–C) groups is 1. The summed E-state index contributed by atoms with van der Waals surface area (Å²) in [4.78, 5) is 16.5. The first-order valence-electron chi connectivity index (χ1n) is 6.67. The van der Waals surface area contributed by atoms with Crippen molar-refractivity contribution < 1.29 is 4.79 Å². The molecule has 1 aliphatic rings. The molecule has 0 bridgehead atoms. The largest absolute Gasteiger partial charge is 0.304 e. The summed E-state index contributed by atoms with van der Waals surface area (Å²) in [5, 5.41) is 4.25. The fraction of sp³-hybridized carbons (Fsp3) is 0.125. The molecule has 1 fully saturated rings. The number of amides is 1. The van der Waals surface area contributed by atoms with E-state index >= 15 is 0 Å². The molecule has 0 saturated carbocycles. The molecule has 1 heterocycles. The van der Waals surface area contributed by atoms with Crippen molar-refractivity contribution in [3.05, 3.63) is 64.1 Å². The van der Waals surface area contributed by atoms with E-state index in [0.29, 0.717) is 21.6 Å². The summed E-state index contributed by atoms with van der Waals surface area (Å²) >= 11 is 13.3. The van der Waals surface area contributed by atoms with Crippen LogP contribution >= 0.6 is 35.0 Å². The van der Waals surface area contributed by atoms with Gasteiger partial charge < -0.3 is 5.32 Å². The lowest BCUT2D eigenvalue weighted by molar-refractivity contribution is -0.118. The van der Waals surface area contributed by atoms with Gasteiger partial charge in [-0.3, -0.25) is 4.79 Å². The normalized spacial score (nSPS) is 19.5. The van der Waals surface area contributed by atoms with Gasteiger partial charge in [-0.2, -0.15) is 0 Å². The second-order valence-corrected chi connectivity index (χ2v) is 6.81. The monoisotopic (exact) mass is 350 g/mol. The number of amidine groups is 1. The van der Waals surface area contributed by atoms with Crippen molar-refractivity contribution in [2.45, 2.75) is 11.7 Å². The first-order valence-corrected chi connectivity index (χ1v) is 8.30. The topological polar surface area (TPSA) is 41.5 Å². The second kappa shape index (κ2) is 6.73. The highest BCUT2D eigenvalue weighted by atomic mass is 35.5. The maximum absolute atomic E-state index is 12.1. The Morgan fingerprint density at radius 3 is 2.59 bits per heavy atom. The van der Waals surface area contributed by atoms with Crippen molar-refractivity contribution in [2.75, 3.05) is 0 Å². The first kappa shape index (κ1) is 15.4. The average Bonchev–Trinajstić information content (AvgIpc) is 2.84. The van der Waals surface area contributed by atoms with Gasteiger partial charge in [0.15, 0.2) is 5.17 Å². The van der Waals surface area contributed by atoms with Crippen molar-refractivity contribution in [3.8, 4) is 0 Å². The molecule has 1 saturated heterocycles. The van der Waals surface area contributed by atoms with Crippen molar-refractivity contribution >= 4 is 51.7 Å². The van der Waals surface area contributed by atoms with Gasteiger partial charge in [-0.25, -0.2) is 4.99 Å². The third-order valence-electron chi connectivity index (χ3n) is 3.17. The summed E-state index contributed by atoms with van der Waals surface area (Å²) in [6.45, 7) is 0. The zero-order chi connectivity index (χ0) is 15.5. The Kier molecular flexibility index (Phi) is 4.71. The molecule has 3 rings (SSSR count). The van der Waals surface area contributed by atoms with Gasteiger partial charge in [-0.15, -0.1) is 0 Å². The molecule has 0 spiro atoms. The standard InChI is InChI=1S/C16H12Cl2N2OS/c17-12-7-6-10(8-13(12)18)9-14-15(21)20-16(22-14)19-11-4-2-1-3-5-11/h1-8,14H,9H2,(H,19,20,21)/t14-/m0/s1. The molecular weight excluding hydrogens is 339 g/mol.